The third-order valence-electron chi connectivity index (χ3n) is 7.51. The summed E-state index contributed by atoms with van der Waals surface area (Å²) in [4.78, 5) is 29.7. The van der Waals surface area contributed by atoms with Crippen LogP contribution in [0.1, 0.15) is 84.5 Å². The Morgan fingerprint density at radius 2 is 1.78 bits per heavy atom. The number of fused-ring (bicyclic) bond motifs is 1. The number of alkyl halides is 6. The van der Waals surface area contributed by atoms with Crippen LogP contribution in [-0.4, -0.2) is 55.0 Å². The Morgan fingerprint density at radius 3 is 2.39 bits per heavy atom. The number of carbonyl (C=O) groups is 2. The van der Waals surface area contributed by atoms with Gasteiger partial charge in [0.1, 0.15) is 5.69 Å². The summed E-state index contributed by atoms with van der Waals surface area (Å²) in [5.41, 5.74) is 1.24. The van der Waals surface area contributed by atoms with E-state index in [1.165, 1.54) is 23.8 Å². The zero-order chi connectivity index (χ0) is 29.5. The minimum absolute atomic E-state index is 0.0555. The molecule has 10 nitrogen and oxygen atoms in total. The lowest BCUT2D eigenvalue weighted by atomic mass is 9.81. The Bertz CT molecular complexity index is 1410. The first-order valence-corrected chi connectivity index (χ1v) is 13.1. The van der Waals surface area contributed by atoms with Crippen molar-refractivity contribution in [2.24, 2.45) is 11.8 Å². The maximum Gasteiger partial charge on any atom is 0.392 e. The van der Waals surface area contributed by atoms with Gasteiger partial charge in [-0.2, -0.15) is 18.3 Å². The van der Waals surface area contributed by atoms with E-state index < -0.39 is 48.6 Å². The second-order valence-electron chi connectivity index (χ2n) is 10.7. The van der Waals surface area contributed by atoms with Crippen molar-refractivity contribution in [3.63, 3.8) is 0 Å². The molecule has 0 aromatic carbocycles. The predicted octanol–water partition coefficient (Wildman–Crippen LogP) is 4.58. The molecule has 222 valence electrons. The van der Waals surface area contributed by atoms with Gasteiger partial charge in [-0.25, -0.2) is 27.3 Å². The van der Waals surface area contributed by atoms with Crippen molar-refractivity contribution in [2.45, 2.75) is 82.2 Å². The fourth-order valence-electron chi connectivity index (χ4n) is 5.15. The van der Waals surface area contributed by atoms with Gasteiger partial charge in [0.05, 0.1) is 36.6 Å². The van der Waals surface area contributed by atoms with E-state index in [2.05, 4.69) is 35.7 Å². The fourth-order valence-corrected chi connectivity index (χ4v) is 5.15. The highest BCUT2D eigenvalue weighted by Gasteiger charge is 2.41. The molecular formula is C25H27F6N7O3. The maximum absolute atomic E-state index is 14.0. The van der Waals surface area contributed by atoms with Crippen molar-refractivity contribution in [2.75, 3.05) is 0 Å². The van der Waals surface area contributed by atoms with Crippen LogP contribution in [0.4, 0.5) is 26.3 Å². The molecule has 2 aliphatic rings. The van der Waals surface area contributed by atoms with E-state index in [4.69, 9.17) is 0 Å². The summed E-state index contributed by atoms with van der Waals surface area (Å²) in [5, 5.41) is 16.7. The van der Waals surface area contributed by atoms with Crippen molar-refractivity contribution >= 4 is 17.5 Å². The molecule has 0 aliphatic heterocycles. The molecular weight excluding hydrogens is 560 g/mol. The average Bonchev–Trinajstić information content (AvgIpc) is 3.50. The van der Waals surface area contributed by atoms with E-state index in [9.17, 15) is 35.9 Å². The highest BCUT2D eigenvalue weighted by atomic mass is 19.4. The van der Waals surface area contributed by atoms with Crippen LogP contribution in [0.25, 0.3) is 5.65 Å². The third kappa shape index (κ3) is 6.78. The lowest BCUT2D eigenvalue weighted by molar-refractivity contribution is -0.156. The van der Waals surface area contributed by atoms with Crippen molar-refractivity contribution in [3.05, 3.63) is 41.1 Å². The quantitative estimate of drug-likeness (QED) is 0.351. The first-order valence-electron chi connectivity index (χ1n) is 13.1. The van der Waals surface area contributed by atoms with Crippen LogP contribution in [0.15, 0.2) is 23.1 Å². The predicted molar refractivity (Wildman–Crippen MR) is 128 cm³/mol. The Hall–Kier alpha value is -3.72. The van der Waals surface area contributed by atoms with Crippen molar-refractivity contribution in [1.29, 1.82) is 0 Å². The van der Waals surface area contributed by atoms with Gasteiger partial charge < -0.3 is 10.6 Å². The minimum Gasteiger partial charge on any atom is -0.346 e. The minimum atomic E-state index is -4.83. The molecule has 2 amide bonds. The van der Waals surface area contributed by atoms with Gasteiger partial charge in [-0.1, -0.05) is 5.16 Å². The van der Waals surface area contributed by atoms with Gasteiger partial charge in [0, 0.05) is 12.8 Å². The normalized spacial score (nSPS) is 20.0. The second kappa shape index (κ2) is 10.9. The molecule has 16 heteroatoms. The number of rotatable bonds is 9. The molecule has 41 heavy (non-hydrogen) atoms. The number of halogens is 6. The summed E-state index contributed by atoms with van der Waals surface area (Å²) in [6.45, 7) is 1.53. The van der Waals surface area contributed by atoms with Crippen LogP contribution >= 0.6 is 0 Å². The summed E-state index contributed by atoms with van der Waals surface area (Å²) in [6, 6.07) is 0.00917. The first-order chi connectivity index (χ1) is 19.3. The number of carbonyl (C=O) groups excluding carboxylic acids is 2. The van der Waals surface area contributed by atoms with Gasteiger partial charge in [0.25, 0.3) is 11.8 Å². The zero-order valence-corrected chi connectivity index (χ0v) is 21.8. The lowest BCUT2D eigenvalue weighted by Gasteiger charge is -2.33. The van der Waals surface area contributed by atoms with Gasteiger partial charge in [-0.3, -0.25) is 9.59 Å². The number of nitrogens with zero attached hydrogens (tertiary/aromatic N) is 5. The maximum atomic E-state index is 14.0. The molecule has 0 spiro atoms. The Kier molecular flexibility index (Phi) is 7.68. The van der Waals surface area contributed by atoms with Crippen molar-refractivity contribution in [1.82, 2.24) is 35.5 Å². The van der Waals surface area contributed by atoms with Crippen LogP contribution in [0.2, 0.25) is 0 Å². The van der Waals surface area contributed by atoms with E-state index in [0.717, 1.165) is 0 Å². The van der Waals surface area contributed by atoms with Crippen molar-refractivity contribution < 1.29 is 40.6 Å². The molecule has 5 rings (SSSR count). The number of amides is 2. The highest BCUT2D eigenvalue weighted by molar-refractivity contribution is 5.93. The number of aromatic nitrogens is 5. The topological polar surface area (TPSA) is 127 Å². The van der Waals surface area contributed by atoms with Gasteiger partial charge in [0.15, 0.2) is 17.5 Å². The Balaban J connectivity index is 1.40. The molecule has 3 aromatic rings. The summed E-state index contributed by atoms with van der Waals surface area (Å²) < 4.78 is 85.5. The molecule has 0 saturated heterocycles. The molecule has 0 radical (unpaired) electrons. The van der Waals surface area contributed by atoms with Crippen LogP contribution in [-0.2, 0) is 4.79 Å². The third-order valence-corrected chi connectivity index (χ3v) is 7.51. The molecule has 0 bridgehead atoms. The van der Waals surface area contributed by atoms with E-state index in [1.807, 2.05) is 0 Å². The van der Waals surface area contributed by atoms with Gasteiger partial charge in [-0.05, 0) is 61.2 Å². The molecule has 2 aliphatic carbocycles. The van der Waals surface area contributed by atoms with Crippen LogP contribution < -0.4 is 10.6 Å². The number of nitrogens with one attached hydrogen (secondary N) is 2. The van der Waals surface area contributed by atoms with E-state index in [1.54, 1.807) is 6.07 Å². The average molecular weight is 588 g/mol. The SMILES string of the molecule is Cc1nonc1C(=O)N[C@H](c1cn2ncc([C@H](NC(=O)[C@H](F)CC(F)(F)F)C3CC3)cc2n1)C1CCC(F)(F)CC1. The summed E-state index contributed by atoms with van der Waals surface area (Å²) in [5.74, 6) is -5.26. The smallest absolute Gasteiger partial charge is 0.346 e. The van der Waals surface area contributed by atoms with Gasteiger partial charge in [-0.15, -0.1) is 0 Å². The number of hydrogen-bond donors (Lipinski definition) is 2. The number of hydrogen-bond acceptors (Lipinski definition) is 7. The van der Waals surface area contributed by atoms with E-state index in [0.29, 0.717) is 24.1 Å². The Labute approximate surface area is 229 Å². The summed E-state index contributed by atoms with van der Waals surface area (Å²) >= 11 is 0. The summed E-state index contributed by atoms with van der Waals surface area (Å²) in [6.07, 6.45) is -5.62. The Morgan fingerprint density at radius 1 is 1.10 bits per heavy atom. The molecule has 2 saturated carbocycles. The standard InChI is InChI=1S/C25H27F6N7O3/c1-12-19(37-41-36-12)23(40)35-21(14-4-6-24(27,28)7-5-14)17-11-38-18(33-17)8-15(10-32-38)20(13-2-3-13)34-22(39)16(26)9-25(29,30)31/h8,10-11,13-14,16,20-21H,2-7,9H2,1H3,(H,34,39)(H,35,40)/t16-,20-,21+/m1/s1. The highest BCUT2D eigenvalue weighted by Crippen LogP contribution is 2.43. The number of aryl methyl sites for hydroxylation is 1. The molecule has 2 fully saturated rings. The van der Waals surface area contributed by atoms with E-state index >= 15 is 0 Å². The van der Waals surface area contributed by atoms with Gasteiger partial charge in [0.2, 0.25) is 5.92 Å². The van der Waals surface area contributed by atoms with Crippen LogP contribution in [0, 0.1) is 18.8 Å². The largest absolute Gasteiger partial charge is 0.392 e. The van der Waals surface area contributed by atoms with Crippen LogP contribution in [0.5, 0.6) is 0 Å². The molecule has 2 N–H and O–H groups in total. The van der Waals surface area contributed by atoms with Crippen LogP contribution in [0.3, 0.4) is 0 Å². The lowest BCUT2D eigenvalue weighted by Crippen LogP contribution is -2.38. The molecule has 3 heterocycles. The molecule has 3 atom stereocenters. The van der Waals surface area contributed by atoms with E-state index in [-0.39, 0.29) is 54.6 Å². The first kappa shape index (κ1) is 28.8. The van der Waals surface area contributed by atoms with Crippen molar-refractivity contribution in [3.8, 4) is 0 Å². The molecule has 0 unspecified atom stereocenters. The second-order valence-corrected chi connectivity index (χ2v) is 10.7. The zero-order valence-electron chi connectivity index (χ0n) is 21.8. The monoisotopic (exact) mass is 587 g/mol. The van der Waals surface area contributed by atoms with Gasteiger partial charge >= 0.3 is 6.18 Å². The fraction of sp³-hybridized carbons (Fsp3) is 0.600. The molecule has 3 aromatic heterocycles. The summed E-state index contributed by atoms with van der Waals surface area (Å²) in [7, 11) is 0. The number of imidazole rings is 1.